The van der Waals surface area contributed by atoms with E-state index in [1.807, 2.05) is 13.0 Å². The largest absolute Gasteiger partial charge is 0.476 e. The van der Waals surface area contributed by atoms with Crippen molar-refractivity contribution in [2.24, 2.45) is 0 Å². The molecule has 19 heavy (non-hydrogen) atoms. The van der Waals surface area contributed by atoms with Crippen molar-refractivity contribution < 1.29 is 9.90 Å². The zero-order chi connectivity index (χ0) is 13.4. The lowest BCUT2D eigenvalue weighted by molar-refractivity contribution is 0.0691. The molecule has 1 aliphatic rings. The number of carboxylic acids is 1. The van der Waals surface area contributed by atoms with Crippen LogP contribution in [0.2, 0.25) is 0 Å². The molecule has 98 valence electrons. The molecule has 1 N–H and O–H groups in total. The molecule has 1 aromatic carbocycles. The van der Waals surface area contributed by atoms with Gasteiger partial charge in [-0.05, 0) is 43.4 Å². The average Bonchev–Trinajstić information content (AvgIpc) is 3.03. The lowest BCUT2D eigenvalue weighted by Gasteiger charge is -2.07. The van der Waals surface area contributed by atoms with Crippen LogP contribution in [0.3, 0.4) is 0 Å². The van der Waals surface area contributed by atoms with E-state index in [0.717, 1.165) is 18.4 Å². The standard InChI is InChI=1S/C14H15N3O2/c1-2-17-13(12(14(18)19)15-16-17)11-7-6-9-4-3-5-10(9)8-11/h6-8H,2-5H2,1H3,(H,18,19). The van der Waals surface area contributed by atoms with Gasteiger partial charge in [-0.1, -0.05) is 17.3 Å². The van der Waals surface area contributed by atoms with Gasteiger partial charge >= 0.3 is 5.97 Å². The van der Waals surface area contributed by atoms with Crippen molar-refractivity contribution >= 4 is 5.97 Å². The summed E-state index contributed by atoms with van der Waals surface area (Å²) in [7, 11) is 0. The topological polar surface area (TPSA) is 68.0 Å². The number of aromatic nitrogens is 3. The molecule has 0 radical (unpaired) electrons. The Morgan fingerprint density at radius 1 is 1.37 bits per heavy atom. The Labute approximate surface area is 110 Å². The highest BCUT2D eigenvalue weighted by Gasteiger charge is 2.21. The second kappa shape index (κ2) is 4.50. The van der Waals surface area contributed by atoms with Crippen LogP contribution in [0.15, 0.2) is 18.2 Å². The van der Waals surface area contributed by atoms with Gasteiger partial charge in [0, 0.05) is 12.1 Å². The third-order valence-electron chi connectivity index (χ3n) is 3.61. The van der Waals surface area contributed by atoms with Crippen molar-refractivity contribution in [3.05, 3.63) is 35.0 Å². The van der Waals surface area contributed by atoms with Crippen LogP contribution >= 0.6 is 0 Å². The van der Waals surface area contributed by atoms with Crippen molar-refractivity contribution in [1.82, 2.24) is 15.0 Å². The number of hydrogen-bond donors (Lipinski definition) is 1. The number of rotatable bonds is 3. The third kappa shape index (κ3) is 1.91. The van der Waals surface area contributed by atoms with E-state index in [-0.39, 0.29) is 5.69 Å². The first-order chi connectivity index (χ1) is 9.20. The van der Waals surface area contributed by atoms with E-state index in [0.29, 0.717) is 12.2 Å². The van der Waals surface area contributed by atoms with Gasteiger partial charge in [0.1, 0.15) is 5.69 Å². The van der Waals surface area contributed by atoms with Crippen molar-refractivity contribution in [2.45, 2.75) is 32.7 Å². The first-order valence-electron chi connectivity index (χ1n) is 6.49. The van der Waals surface area contributed by atoms with Crippen LogP contribution in [0.25, 0.3) is 11.3 Å². The van der Waals surface area contributed by atoms with Gasteiger partial charge in [-0.3, -0.25) is 0 Å². The van der Waals surface area contributed by atoms with E-state index in [1.165, 1.54) is 17.5 Å². The van der Waals surface area contributed by atoms with Gasteiger partial charge in [-0.25, -0.2) is 9.48 Å². The molecule has 2 aromatic rings. The quantitative estimate of drug-likeness (QED) is 0.914. The molecule has 0 atom stereocenters. The highest BCUT2D eigenvalue weighted by molar-refractivity contribution is 5.92. The lowest BCUT2D eigenvalue weighted by Crippen LogP contribution is -2.03. The predicted molar refractivity (Wildman–Crippen MR) is 70.1 cm³/mol. The number of aryl methyl sites for hydroxylation is 3. The number of carboxylic acid groups (broad SMARTS) is 1. The summed E-state index contributed by atoms with van der Waals surface area (Å²) < 4.78 is 1.64. The van der Waals surface area contributed by atoms with Crippen molar-refractivity contribution in [2.75, 3.05) is 0 Å². The van der Waals surface area contributed by atoms with E-state index in [4.69, 9.17) is 0 Å². The summed E-state index contributed by atoms with van der Waals surface area (Å²) in [4.78, 5) is 11.2. The highest BCUT2D eigenvalue weighted by Crippen LogP contribution is 2.29. The smallest absolute Gasteiger partial charge is 0.358 e. The van der Waals surface area contributed by atoms with Crippen LogP contribution in [-0.2, 0) is 19.4 Å². The molecule has 3 rings (SSSR count). The molecule has 0 fully saturated rings. The first kappa shape index (κ1) is 11.9. The molecule has 0 amide bonds. The molecule has 0 aliphatic heterocycles. The van der Waals surface area contributed by atoms with E-state index < -0.39 is 5.97 Å². The zero-order valence-electron chi connectivity index (χ0n) is 10.8. The van der Waals surface area contributed by atoms with Crippen LogP contribution in [0.5, 0.6) is 0 Å². The summed E-state index contributed by atoms with van der Waals surface area (Å²) in [6.45, 7) is 2.53. The van der Waals surface area contributed by atoms with Crippen molar-refractivity contribution in [3.8, 4) is 11.3 Å². The van der Waals surface area contributed by atoms with Gasteiger partial charge in [0.05, 0.1) is 0 Å². The minimum absolute atomic E-state index is 0.0276. The normalized spacial score (nSPS) is 13.5. The number of carbonyl (C=O) groups is 1. The number of nitrogens with zero attached hydrogens (tertiary/aromatic N) is 3. The van der Waals surface area contributed by atoms with Gasteiger partial charge < -0.3 is 5.11 Å². The average molecular weight is 257 g/mol. The van der Waals surface area contributed by atoms with E-state index in [1.54, 1.807) is 4.68 Å². The fourth-order valence-corrected chi connectivity index (χ4v) is 2.68. The van der Waals surface area contributed by atoms with Crippen LogP contribution in [-0.4, -0.2) is 26.1 Å². The summed E-state index contributed by atoms with van der Waals surface area (Å²) in [6.07, 6.45) is 3.36. The van der Waals surface area contributed by atoms with Crippen LogP contribution < -0.4 is 0 Å². The van der Waals surface area contributed by atoms with Crippen LogP contribution in [0.1, 0.15) is 35.0 Å². The number of aromatic carboxylic acids is 1. The summed E-state index contributed by atoms with van der Waals surface area (Å²) in [5.74, 6) is -1.03. The molecule has 0 spiro atoms. The Hall–Kier alpha value is -2.17. The molecule has 1 aromatic heterocycles. The van der Waals surface area contributed by atoms with Gasteiger partial charge in [0.15, 0.2) is 5.69 Å². The van der Waals surface area contributed by atoms with Crippen LogP contribution in [0.4, 0.5) is 0 Å². The molecule has 5 nitrogen and oxygen atoms in total. The lowest BCUT2D eigenvalue weighted by atomic mass is 10.0. The Morgan fingerprint density at radius 2 is 2.16 bits per heavy atom. The maximum Gasteiger partial charge on any atom is 0.358 e. The summed E-state index contributed by atoms with van der Waals surface area (Å²) in [6, 6.07) is 6.15. The van der Waals surface area contributed by atoms with Gasteiger partial charge in [0.2, 0.25) is 0 Å². The van der Waals surface area contributed by atoms with E-state index >= 15 is 0 Å². The SMILES string of the molecule is CCn1nnc(C(=O)O)c1-c1ccc2c(c1)CCC2. The van der Waals surface area contributed by atoms with Crippen LogP contribution in [0, 0.1) is 0 Å². The van der Waals surface area contributed by atoms with Crippen molar-refractivity contribution in [3.63, 3.8) is 0 Å². The third-order valence-corrected chi connectivity index (χ3v) is 3.61. The van der Waals surface area contributed by atoms with E-state index in [9.17, 15) is 9.90 Å². The monoisotopic (exact) mass is 257 g/mol. The molecule has 0 unspecified atom stereocenters. The Bertz CT molecular complexity index is 646. The Kier molecular flexibility index (Phi) is 2.81. The minimum Gasteiger partial charge on any atom is -0.476 e. The molecule has 0 saturated carbocycles. The molecular formula is C14H15N3O2. The molecular weight excluding hydrogens is 242 g/mol. The summed E-state index contributed by atoms with van der Waals surface area (Å²) in [5, 5.41) is 16.9. The van der Waals surface area contributed by atoms with E-state index in [2.05, 4.69) is 22.4 Å². The number of fused-ring (bicyclic) bond motifs is 1. The fourth-order valence-electron chi connectivity index (χ4n) is 2.68. The molecule has 1 aliphatic carbocycles. The Balaban J connectivity index is 2.15. The molecule has 5 heteroatoms. The maximum absolute atomic E-state index is 11.2. The number of benzene rings is 1. The van der Waals surface area contributed by atoms with Gasteiger partial charge in [-0.2, -0.15) is 0 Å². The zero-order valence-corrected chi connectivity index (χ0v) is 10.8. The predicted octanol–water partition coefficient (Wildman–Crippen LogP) is 2.15. The van der Waals surface area contributed by atoms with Gasteiger partial charge in [-0.15, -0.1) is 5.10 Å². The molecule has 1 heterocycles. The molecule has 0 saturated heterocycles. The minimum atomic E-state index is -1.03. The van der Waals surface area contributed by atoms with Gasteiger partial charge in [0.25, 0.3) is 0 Å². The summed E-state index contributed by atoms with van der Waals surface area (Å²) >= 11 is 0. The maximum atomic E-state index is 11.2. The fraction of sp³-hybridized carbons (Fsp3) is 0.357. The second-order valence-electron chi connectivity index (χ2n) is 4.74. The first-order valence-corrected chi connectivity index (χ1v) is 6.49. The Morgan fingerprint density at radius 3 is 2.89 bits per heavy atom. The summed E-state index contributed by atoms with van der Waals surface area (Å²) in [5.41, 5.74) is 4.21. The highest BCUT2D eigenvalue weighted by atomic mass is 16.4. The second-order valence-corrected chi connectivity index (χ2v) is 4.74. The van der Waals surface area contributed by atoms with Crippen molar-refractivity contribution in [1.29, 1.82) is 0 Å². The number of hydrogen-bond acceptors (Lipinski definition) is 3. The molecule has 0 bridgehead atoms.